The van der Waals surface area contributed by atoms with E-state index >= 15 is 0 Å². The molecule has 26 heavy (non-hydrogen) atoms. The Hall–Kier alpha value is -2.56. The Morgan fingerprint density at radius 1 is 1.27 bits per heavy atom. The maximum absolute atomic E-state index is 12.8. The molecule has 2 heterocycles. The van der Waals surface area contributed by atoms with E-state index in [9.17, 15) is 4.79 Å². The van der Waals surface area contributed by atoms with Crippen LogP contribution in [0.25, 0.3) is 0 Å². The fourth-order valence-electron chi connectivity index (χ4n) is 3.51. The fourth-order valence-corrected chi connectivity index (χ4v) is 3.51. The number of likely N-dealkylation sites (tertiary alicyclic amines) is 1. The molecule has 1 fully saturated rings. The van der Waals surface area contributed by atoms with Crippen molar-refractivity contribution in [3.05, 3.63) is 53.9 Å². The molecule has 1 aromatic carbocycles. The molecule has 1 aliphatic heterocycles. The SMILES string of the molecule is CCC1CCCCN1C(=O)c1ccc(NCc2ccccc2OC)cn1. The Kier molecular flexibility index (Phi) is 6.10. The van der Waals surface area contributed by atoms with Gasteiger partial charge in [0.05, 0.1) is 19.0 Å². The van der Waals surface area contributed by atoms with Gasteiger partial charge in [-0.05, 0) is 43.9 Å². The number of carbonyl (C=O) groups is 1. The van der Waals surface area contributed by atoms with Crippen molar-refractivity contribution >= 4 is 11.6 Å². The Bertz CT molecular complexity index is 730. The van der Waals surface area contributed by atoms with E-state index in [0.717, 1.165) is 42.8 Å². The molecule has 5 heteroatoms. The summed E-state index contributed by atoms with van der Waals surface area (Å²) in [5.74, 6) is 0.906. The van der Waals surface area contributed by atoms with Crippen LogP contribution in [0.5, 0.6) is 5.75 Å². The number of nitrogens with one attached hydrogen (secondary N) is 1. The van der Waals surface area contributed by atoms with E-state index in [1.54, 1.807) is 13.3 Å². The number of benzene rings is 1. The number of aromatic nitrogens is 1. The third-order valence-electron chi connectivity index (χ3n) is 5.02. The predicted octanol–water partition coefficient (Wildman–Crippen LogP) is 4.11. The number of carbonyl (C=O) groups excluding carboxylic acids is 1. The number of hydrogen-bond acceptors (Lipinski definition) is 4. The first kappa shape index (κ1) is 18.2. The van der Waals surface area contributed by atoms with Gasteiger partial charge in [0, 0.05) is 24.7 Å². The summed E-state index contributed by atoms with van der Waals surface area (Å²) in [6, 6.07) is 12.0. The van der Waals surface area contributed by atoms with Crippen molar-refractivity contribution in [2.45, 2.75) is 45.2 Å². The maximum Gasteiger partial charge on any atom is 0.272 e. The maximum atomic E-state index is 12.8. The summed E-state index contributed by atoms with van der Waals surface area (Å²) < 4.78 is 5.37. The van der Waals surface area contributed by atoms with Gasteiger partial charge < -0.3 is 15.0 Å². The molecule has 1 saturated heterocycles. The van der Waals surface area contributed by atoms with Crippen molar-refractivity contribution in [3.63, 3.8) is 0 Å². The van der Waals surface area contributed by atoms with Gasteiger partial charge in [0.1, 0.15) is 11.4 Å². The zero-order valence-electron chi connectivity index (χ0n) is 15.6. The second-order valence-corrected chi connectivity index (χ2v) is 6.65. The van der Waals surface area contributed by atoms with E-state index in [1.807, 2.05) is 41.3 Å². The van der Waals surface area contributed by atoms with Crippen molar-refractivity contribution in [2.75, 3.05) is 19.0 Å². The second kappa shape index (κ2) is 8.70. The van der Waals surface area contributed by atoms with Crippen LogP contribution < -0.4 is 10.1 Å². The minimum atomic E-state index is 0.0489. The lowest BCUT2D eigenvalue weighted by atomic mass is 9.99. The van der Waals surface area contributed by atoms with Crippen LogP contribution in [0.2, 0.25) is 0 Å². The molecule has 1 aromatic heterocycles. The van der Waals surface area contributed by atoms with Crippen molar-refractivity contribution < 1.29 is 9.53 Å². The van der Waals surface area contributed by atoms with Crippen LogP contribution in [0.1, 0.15) is 48.7 Å². The third kappa shape index (κ3) is 4.15. The molecular weight excluding hydrogens is 326 g/mol. The lowest BCUT2D eigenvalue weighted by Crippen LogP contribution is -2.43. The number of ether oxygens (including phenoxy) is 1. The van der Waals surface area contributed by atoms with E-state index in [2.05, 4.69) is 17.2 Å². The van der Waals surface area contributed by atoms with E-state index in [4.69, 9.17) is 4.74 Å². The number of anilines is 1. The molecule has 1 N–H and O–H groups in total. The van der Waals surface area contributed by atoms with Crippen molar-refractivity contribution in [3.8, 4) is 5.75 Å². The number of piperidine rings is 1. The summed E-state index contributed by atoms with van der Waals surface area (Å²) in [6.07, 6.45) is 6.13. The predicted molar refractivity (Wildman–Crippen MR) is 104 cm³/mol. The Labute approximate surface area is 155 Å². The summed E-state index contributed by atoms with van der Waals surface area (Å²) in [5.41, 5.74) is 2.49. The van der Waals surface area contributed by atoms with Gasteiger partial charge in [0.2, 0.25) is 0 Å². The second-order valence-electron chi connectivity index (χ2n) is 6.65. The van der Waals surface area contributed by atoms with Gasteiger partial charge in [-0.2, -0.15) is 0 Å². The minimum absolute atomic E-state index is 0.0489. The normalized spacial score (nSPS) is 17.0. The molecule has 0 aliphatic carbocycles. The van der Waals surface area contributed by atoms with Crippen LogP contribution in [0.3, 0.4) is 0 Å². The van der Waals surface area contributed by atoms with Gasteiger partial charge >= 0.3 is 0 Å². The standard InChI is InChI=1S/C21H27N3O2/c1-3-18-9-6-7-13-24(18)21(25)19-12-11-17(15-23-19)22-14-16-8-4-5-10-20(16)26-2/h4-5,8,10-12,15,18,22H,3,6-7,9,13-14H2,1-2H3. The number of hydrogen-bond donors (Lipinski definition) is 1. The highest BCUT2D eigenvalue weighted by atomic mass is 16.5. The van der Waals surface area contributed by atoms with Crippen LogP contribution in [0, 0.1) is 0 Å². The largest absolute Gasteiger partial charge is 0.496 e. The number of pyridine rings is 1. The zero-order valence-corrected chi connectivity index (χ0v) is 15.6. The Morgan fingerprint density at radius 3 is 2.85 bits per heavy atom. The average Bonchev–Trinajstić information content (AvgIpc) is 2.72. The van der Waals surface area contributed by atoms with Gasteiger partial charge in [-0.15, -0.1) is 0 Å². The molecule has 1 amide bonds. The van der Waals surface area contributed by atoms with Crippen LogP contribution >= 0.6 is 0 Å². The topological polar surface area (TPSA) is 54.5 Å². The molecule has 3 rings (SSSR count). The van der Waals surface area contributed by atoms with Crippen molar-refractivity contribution in [2.24, 2.45) is 0 Å². The Balaban J connectivity index is 1.63. The van der Waals surface area contributed by atoms with Crippen molar-refractivity contribution in [1.82, 2.24) is 9.88 Å². The van der Waals surface area contributed by atoms with Crippen LogP contribution in [-0.4, -0.2) is 35.5 Å². The first-order chi connectivity index (χ1) is 12.7. The monoisotopic (exact) mass is 353 g/mol. The number of amides is 1. The highest BCUT2D eigenvalue weighted by Crippen LogP contribution is 2.22. The Morgan fingerprint density at radius 2 is 2.12 bits per heavy atom. The van der Waals surface area contributed by atoms with E-state index in [1.165, 1.54) is 6.42 Å². The lowest BCUT2D eigenvalue weighted by molar-refractivity contribution is 0.0602. The van der Waals surface area contributed by atoms with E-state index < -0.39 is 0 Å². The highest BCUT2D eigenvalue weighted by molar-refractivity contribution is 5.92. The summed E-state index contributed by atoms with van der Waals surface area (Å²) in [6.45, 7) is 3.63. The zero-order chi connectivity index (χ0) is 18.4. The summed E-state index contributed by atoms with van der Waals surface area (Å²) in [7, 11) is 1.67. The molecule has 0 radical (unpaired) electrons. The van der Waals surface area contributed by atoms with Gasteiger partial charge in [-0.1, -0.05) is 25.1 Å². The number of nitrogens with zero attached hydrogens (tertiary/aromatic N) is 2. The summed E-state index contributed by atoms with van der Waals surface area (Å²) in [4.78, 5) is 19.2. The first-order valence-electron chi connectivity index (χ1n) is 9.35. The minimum Gasteiger partial charge on any atom is -0.496 e. The number of methoxy groups -OCH3 is 1. The molecule has 0 saturated carbocycles. The van der Waals surface area contributed by atoms with Gasteiger partial charge in [-0.3, -0.25) is 4.79 Å². The van der Waals surface area contributed by atoms with Gasteiger partial charge in [-0.25, -0.2) is 4.98 Å². The quantitative estimate of drug-likeness (QED) is 0.849. The van der Waals surface area contributed by atoms with Gasteiger partial charge in [0.25, 0.3) is 5.91 Å². The van der Waals surface area contributed by atoms with Crippen LogP contribution in [0.4, 0.5) is 5.69 Å². The van der Waals surface area contributed by atoms with Crippen molar-refractivity contribution in [1.29, 1.82) is 0 Å². The molecular formula is C21H27N3O2. The molecule has 1 unspecified atom stereocenters. The number of para-hydroxylation sites is 1. The third-order valence-corrected chi connectivity index (χ3v) is 5.02. The summed E-state index contributed by atoms with van der Waals surface area (Å²) in [5, 5.41) is 3.33. The first-order valence-corrected chi connectivity index (χ1v) is 9.35. The highest BCUT2D eigenvalue weighted by Gasteiger charge is 2.26. The molecule has 138 valence electrons. The lowest BCUT2D eigenvalue weighted by Gasteiger charge is -2.35. The van der Waals surface area contributed by atoms with Crippen LogP contribution in [0.15, 0.2) is 42.6 Å². The van der Waals surface area contributed by atoms with E-state index in [0.29, 0.717) is 18.3 Å². The summed E-state index contributed by atoms with van der Waals surface area (Å²) >= 11 is 0. The van der Waals surface area contributed by atoms with Gasteiger partial charge in [0.15, 0.2) is 0 Å². The molecule has 1 atom stereocenters. The molecule has 0 bridgehead atoms. The molecule has 5 nitrogen and oxygen atoms in total. The fraction of sp³-hybridized carbons (Fsp3) is 0.429. The molecule has 2 aromatic rings. The average molecular weight is 353 g/mol. The van der Waals surface area contributed by atoms with Crippen LogP contribution in [-0.2, 0) is 6.54 Å². The number of rotatable bonds is 6. The van der Waals surface area contributed by atoms with E-state index in [-0.39, 0.29) is 5.91 Å². The molecule has 1 aliphatic rings. The smallest absolute Gasteiger partial charge is 0.272 e. The molecule has 0 spiro atoms.